The Morgan fingerprint density at radius 3 is 2.00 bits per heavy atom. The highest BCUT2D eigenvalue weighted by molar-refractivity contribution is 5.68. The van der Waals surface area contributed by atoms with E-state index in [-0.39, 0.29) is 6.42 Å². The van der Waals surface area contributed by atoms with Gasteiger partial charge < -0.3 is 4.74 Å². The molecule has 0 fully saturated rings. The van der Waals surface area contributed by atoms with Crippen molar-refractivity contribution in [1.29, 1.82) is 0 Å². The van der Waals surface area contributed by atoms with Crippen molar-refractivity contribution in [3.05, 3.63) is 36.5 Å². The van der Waals surface area contributed by atoms with Gasteiger partial charge in [0.15, 0.2) is 0 Å². The van der Waals surface area contributed by atoms with E-state index in [0.717, 1.165) is 38.5 Å². The predicted molar refractivity (Wildman–Crippen MR) is 101 cm³/mol. The second-order valence-electron chi connectivity index (χ2n) is 5.81. The Kier molecular flexibility index (Phi) is 13.5. The average molecular weight is 324 g/mol. The highest BCUT2D eigenvalue weighted by Crippen LogP contribution is 2.07. The van der Waals surface area contributed by atoms with Crippen molar-refractivity contribution in [3.63, 3.8) is 0 Å². The fourth-order valence-corrected chi connectivity index (χ4v) is 2.23. The van der Waals surface area contributed by atoms with Crippen LogP contribution < -0.4 is 0 Å². The molecule has 0 aliphatic heterocycles. The van der Waals surface area contributed by atoms with Crippen LogP contribution in [-0.2, 0) is 9.53 Å². The smallest absolute Gasteiger partial charge is 0.305 e. The molecule has 0 aromatic rings. The molecule has 0 atom stereocenters. The molecule has 2 heteroatoms. The Bertz CT molecular complexity index is 423. The number of carbonyl (C=O) groups excluding carboxylic acids is 1. The minimum Gasteiger partial charge on any atom is -0.469 e. The van der Waals surface area contributed by atoms with Crippen LogP contribution in [-0.4, -0.2) is 13.0 Å². The molecule has 23 heavy (non-hydrogen) atoms. The van der Waals surface area contributed by atoms with E-state index in [2.05, 4.69) is 48.1 Å². The van der Waals surface area contributed by atoms with E-state index in [0.29, 0.717) is 6.42 Å². The summed E-state index contributed by atoms with van der Waals surface area (Å²) in [7, 11) is -2.61. The SMILES string of the molecule is [2H]C([2H])([2H])OC(=O)CCCCCC/C=C\C/C=C\C/C=C\CCCCC. The van der Waals surface area contributed by atoms with Crippen LogP contribution in [0.4, 0.5) is 0 Å². The number of methoxy groups -OCH3 is 1. The molecule has 0 rings (SSSR count). The topological polar surface area (TPSA) is 26.3 Å². The van der Waals surface area contributed by atoms with E-state index in [9.17, 15) is 4.79 Å². The monoisotopic (exact) mass is 323 g/mol. The number of allylic oxidation sites excluding steroid dienone is 6. The molecule has 0 amide bonds. The maximum Gasteiger partial charge on any atom is 0.305 e. The van der Waals surface area contributed by atoms with Gasteiger partial charge in [-0.1, -0.05) is 69.1 Å². The lowest BCUT2D eigenvalue weighted by Gasteiger charge is -1.99. The van der Waals surface area contributed by atoms with Gasteiger partial charge in [-0.2, -0.15) is 0 Å². The van der Waals surface area contributed by atoms with Gasteiger partial charge >= 0.3 is 5.97 Å². The van der Waals surface area contributed by atoms with Gasteiger partial charge in [0.25, 0.3) is 0 Å². The minimum absolute atomic E-state index is 0.187. The Hall–Kier alpha value is -1.31. The third kappa shape index (κ3) is 18.6. The Morgan fingerprint density at radius 1 is 0.826 bits per heavy atom. The van der Waals surface area contributed by atoms with E-state index in [1.807, 2.05) is 0 Å². The van der Waals surface area contributed by atoms with E-state index in [4.69, 9.17) is 4.11 Å². The predicted octanol–water partition coefficient (Wildman–Crippen LogP) is 6.53. The van der Waals surface area contributed by atoms with Crippen LogP contribution in [0.1, 0.15) is 88.1 Å². The summed E-state index contributed by atoms with van der Waals surface area (Å²) in [6.45, 7) is 2.23. The molecule has 132 valence electrons. The van der Waals surface area contributed by atoms with Crippen LogP contribution in [0.15, 0.2) is 36.5 Å². The van der Waals surface area contributed by atoms with Crippen molar-refractivity contribution >= 4 is 5.97 Å². The normalized spacial score (nSPS) is 14.4. The first-order valence-electron chi connectivity index (χ1n) is 10.6. The number of esters is 1. The Balaban J connectivity index is 3.41. The molecule has 0 saturated carbocycles. The lowest BCUT2D eigenvalue weighted by Crippen LogP contribution is -1.98. The second-order valence-corrected chi connectivity index (χ2v) is 5.81. The zero-order chi connectivity index (χ0) is 19.5. The first-order chi connectivity index (χ1) is 12.5. The van der Waals surface area contributed by atoms with Gasteiger partial charge in [-0.15, -0.1) is 0 Å². The molecular weight excluding hydrogens is 284 g/mol. The second kappa shape index (κ2) is 18.7. The number of ether oxygens (including phenoxy) is 1. The van der Waals surface area contributed by atoms with Gasteiger partial charge in [0.1, 0.15) is 0 Å². The van der Waals surface area contributed by atoms with Crippen molar-refractivity contribution in [3.8, 4) is 0 Å². The zero-order valence-corrected chi connectivity index (χ0v) is 14.8. The first-order valence-corrected chi connectivity index (χ1v) is 9.12. The zero-order valence-electron chi connectivity index (χ0n) is 17.8. The van der Waals surface area contributed by atoms with Crippen molar-refractivity contribution in [2.45, 2.75) is 84.0 Å². The molecule has 0 bridgehead atoms. The summed E-state index contributed by atoms with van der Waals surface area (Å²) in [6.07, 6.45) is 25.4. The first kappa shape index (κ1) is 16.5. The van der Waals surface area contributed by atoms with Crippen molar-refractivity contribution in [1.82, 2.24) is 0 Å². The third-order valence-electron chi connectivity index (χ3n) is 3.63. The molecule has 0 aromatic heterocycles. The lowest BCUT2D eigenvalue weighted by molar-refractivity contribution is -0.140. The van der Waals surface area contributed by atoms with Crippen LogP contribution in [0.2, 0.25) is 0 Å². The maximum atomic E-state index is 11.2. The van der Waals surface area contributed by atoms with Crippen LogP contribution in [0.3, 0.4) is 0 Å². The Morgan fingerprint density at radius 2 is 1.39 bits per heavy atom. The van der Waals surface area contributed by atoms with Crippen molar-refractivity contribution in [2.24, 2.45) is 0 Å². The lowest BCUT2D eigenvalue weighted by atomic mass is 10.1. The van der Waals surface area contributed by atoms with E-state index >= 15 is 0 Å². The van der Waals surface area contributed by atoms with E-state index < -0.39 is 13.0 Å². The number of rotatable bonds is 15. The molecule has 0 aliphatic rings. The summed E-state index contributed by atoms with van der Waals surface area (Å²) in [5, 5.41) is 0. The Labute approximate surface area is 147 Å². The van der Waals surface area contributed by atoms with Crippen molar-refractivity contribution < 1.29 is 13.6 Å². The molecular formula is C21H36O2. The summed E-state index contributed by atoms with van der Waals surface area (Å²) in [6, 6.07) is 0. The molecule has 2 nitrogen and oxygen atoms in total. The molecule has 0 aliphatic carbocycles. The number of hydrogen-bond acceptors (Lipinski definition) is 2. The highest BCUT2D eigenvalue weighted by Gasteiger charge is 1.98. The van der Waals surface area contributed by atoms with Crippen LogP contribution in [0.5, 0.6) is 0 Å². The van der Waals surface area contributed by atoms with Gasteiger partial charge in [0.05, 0.1) is 11.2 Å². The number of carbonyl (C=O) groups is 1. The summed E-state index contributed by atoms with van der Waals surface area (Å²) >= 11 is 0. The van der Waals surface area contributed by atoms with Crippen LogP contribution in [0, 0.1) is 0 Å². The number of unbranched alkanes of at least 4 members (excludes halogenated alkanes) is 7. The van der Waals surface area contributed by atoms with Crippen molar-refractivity contribution in [2.75, 3.05) is 7.04 Å². The van der Waals surface area contributed by atoms with E-state index in [1.54, 1.807) is 0 Å². The molecule has 0 N–H and O–H groups in total. The molecule has 0 aromatic carbocycles. The fourth-order valence-electron chi connectivity index (χ4n) is 2.23. The van der Waals surface area contributed by atoms with Crippen LogP contribution in [0.25, 0.3) is 0 Å². The summed E-state index contributed by atoms with van der Waals surface area (Å²) in [4.78, 5) is 11.2. The highest BCUT2D eigenvalue weighted by atomic mass is 16.5. The summed E-state index contributed by atoms with van der Waals surface area (Å²) in [5.41, 5.74) is 0. The molecule has 0 heterocycles. The van der Waals surface area contributed by atoms with Gasteiger partial charge in [-0.25, -0.2) is 0 Å². The average Bonchev–Trinajstić information content (AvgIpc) is 2.56. The molecule has 0 radical (unpaired) electrons. The standard InChI is InChI=1S/C21H36O2/c1-3-4-5-6-7-8-9-10-11-12-13-14-15-16-17-18-19-20-21(22)23-2/h7-8,10-11,13-14H,3-6,9,12,15-20H2,1-2H3/b8-7-,11-10-,14-13-/i2D3. The third-order valence-corrected chi connectivity index (χ3v) is 3.63. The van der Waals surface area contributed by atoms with Gasteiger partial charge in [0.2, 0.25) is 0 Å². The van der Waals surface area contributed by atoms with Crippen LogP contribution >= 0.6 is 0 Å². The maximum absolute atomic E-state index is 11.2. The van der Waals surface area contributed by atoms with E-state index in [1.165, 1.54) is 25.7 Å². The fraction of sp³-hybridized carbons (Fsp3) is 0.667. The molecule has 0 spiro atoms. The molecule has 0 saturated heterocycles. The largest absolute Gasteiger partial charge is 0.469 e. The minimum atomic E-state index is -2.61. The number of hydrogen-bond donors (Lipinski definition) is 0. The summed E-state index contributed by atoms with van der Waals surface area (Å²) < 4.78 is 24.8. The van der Waals surface area contributed by atoms with Gasteiger partial charge in [-0.3, -0.25) is 4.79 Å². The summed E-state index contributed by atoms with van der Waals surface area (Å²) in [5.74, 6) is -0.632. The van der Waals surface area contributed by atoms with Gasteiger partial charge in [0, 0.05) is 6.42 Å². The quantitative estimate of drug-likeness (QED) is 0.194. The molecule has 0 unspecified atom stereocenters. The van der Waals surface area contributed by atoms with Gasteiger partial charge in [-0.05, 0) is 44.9 Å².